The van der Waals surface area contributed by atoms with Crippen molar-refractivity contribution in [2.45, 2.75) is 13.3 Å². The van der Waals surface area contributed by atoms with Crippen molar-refractivity contribution < 1.29 is 34.1 Å². The topological polar surface area (TPSA) is 129 Å². The summed E-state index contributed by atoms with van der Waals surface area (Å²) in [5.41, 5.74) is 0.755. The van der Waals surface area contributed by atoms with E-state index in [4.69, 9.17) is 29.3 Å². The normalized spacial score (nSPS) is 16.0. The number of fused-ring (bicyclic) bond motifs is 1. The number of piperazine rings is 1. The Hall–Kier alpha value is -2.85. The molecule has 0 bridgehead atoms. The van der Waals surface area contributed by atoms with Gasteiger partial charge in [0.15, 0.2) is 11.5 Å². The Morgan fingerprint density at radius 3 is 2.21 bits per heavy atom. The van der Waals surface area contributed by atoms with Crippen molar-refractivity contribution in [1.29, 1.82) is 0 Å². The summed E-state index contributed by atoms with van der Waals surface area (Å²) >= 11 is 0. The summed E-state index contributed by atoms with van der Waals surface area (Å²) in [5.74, 6) is -2.19. The lowest BCUT2D eigenvalue weighted by Gasteiger charge is -2.33. The molecule has 28 heavy (non-hydrogen) atoms. The van der Waals surface area contributed by atoms with E-state index >= 15 is 0 Å². The average molecular weight is 395 g/mol. The van der Waals surface area contributed by atoms with Gasteiger partial charge in [-0.1, -0.05) is 6.92 Å². The molecular weight excluding hydrogens is 370 g/mol. The third-order valence-electron chi connectivity index (χ3n) is 4.41. The first-order valence-corrected chi connectivity index (χ1v) is 8.99. The fraction of sp³-hybridized carbons (Fsp3) is 0.500. The number of carboxylic acids is 2. The maximum absolute atomic E-state index is 12.1. The fourth-order valence-corrected chi connectivity index (χ4v) is 2.79. The van der Waals surface area contributed by atoms with Gasteiger partial charge in [0.05, 0.1) is 0 Å². The fourth-order valence-electron chi connectivity index (χ4n) is 2.79. The molecule has 0 radical (unpaired) electrons. The van der Waals surface area contributed by atoms with Crippen molar-refractivity contribution in [2.24, 2.45) is 0 Å². The number of carbonyl (C=O) groups excluding carboxylic acids is 1. The second kappa shape index (κ2) is 10.5. The minimum Gasteiger partial charge on any atom is -0.473 e. The molecule has 10 nitrogen and oxygen atoms in total. The molecule has 3 rings (SSSR count). The van der Waals surface area contributed by atoms with Crippen molar-refractivity contribution in [3.8, 4) is 11.5 Å². The Bertz CT molecular complexity index is 690. The Kier molecular flexibility index (Phi) is 8.02. The van der Waals surface area contributed by atoms with Gasteiger partial charge < -0.3 is 34.8 Å². The Morgan fingerprint density at radius 2 is 1.61 bits per heavy atom. The largest absolute Gasteiger partial charge is 0.473 e. The summed E-state index contributed by atoms with van der Waals surface area (Å²) in [6.07, 6.45) is 0.514. The molecule has 2 aliphatic heterocycles. The van der Waals surface area contributed by atoms with Crippen LogP contribution in [-0.4, -0.2) is 83.9 Å². The molecular formula is C18H25N3O7. The molecule has 0 atom stereocenters. The zero-order chi connectivity index (χ0) is 20.5. The minimum atomic E-state index is -1.82. The van der Waals surface area contributed by atoms with Gasteiger partial charge in [-0.05, 0) is 18.7 Å². The number of hydrogen-bond acceptors (Lipinski definition) is 7. The summed E-state index contributed by atoms with van der Waals surface area (Å²) in [6, 6.07) is 5.47. The maximum atomic E-state index is 12.1. The summed E-state index contributed by atoms with van der Waals surface area (Å²) in [6.45, 7) is 8.65. The Labute approximate surface area is 162 Å². The lowest BCUT2D eigenvalue weighted by molar-refractivity contribution is -0.159. The molecule has 0 aromatic heterocycles. The predicted molar refractivity (Wildman–Crippen MR) is 99.6 cm³/mol. The number of likely N-dealkylation sites (N-methyl/N-ethyl adjacent to an activating group) is 1. The predicted octanol–water partition coefficient (Wildman–Crippen LogP) is 0.537. The van der Waals surface area contributed by atoms with Crippen molar-refractivity contribution >= 4 is 23.5 Å². The molecule has 1 aromatic carbocycles. The summed E-state index contributed by atoms with van der Waals surface area (Å²) in [5, 5.41) is 17.7. The van der Waals surface area contributed by atoms with Gasteiger partial charge in [-0.15, -0.1) is 0 Å². The van der Waals surface area contributed by atoms with Crippen LogP contribution in [0.2, 0.25) is 0 Å². The number of hydrogen-bond donors (Lipinski definition) is 3. The number of carbonyl (C=O) groups is 3. The molecule has 2 aliphatic rings. The molecule has 0 aliphatic carbocycles. The number of benzene rings is 1. The third kappa shape index (κ3) is 6.71. The Morgan fingerprint density at radius 1 is 1.00 bits per heavy atom. The van der Waals surface area contributed by atoms with Gasteiger partial charge in [0.2, 0.25) is 12.7 Å². The van der Waals surface area contributed by atoms with Crippen molar-refractivity contribution in [2.75, 3.05) is 51.4 Å². The van der Waals surface area contributed by atoms with Crippen LogP contribution >= 0.6 is 0 Å². The zero-order valence-corrected chi connectivity index (χ0v) is 15.7. The van der Waals surface area contributed by atoms with Crippen LogP contribution in [0.5, 0.6) is 11.5 Å². The first kappa shape index (κ1) is 21.5. The smallest absolute Gasteiger partial charge is 0.414 e. The first-order chi connectivity index (χ1) is 13.4. The molecule has 2 heterocycles. The van der Waals surface area contributed by atoms with Crippen LogP contribution < -0.4 is 14.8 Å². The maximum Gasteiger partial charge on any atom is 0.414 e. The summed E-state index contributed by atoms with van der Waals surface area (Å²) in [7, 11) is 0. The number of amides is 1. The molecule has 1 amide bonds. The van der Waals surface area contributed by atoms with Crippen LogP contribution in [0.1, 0.15) is 13.3 Å². The highest BCUT2D eigenvalue weighted by atomic mass is 16.7. The van der Waals surface area contributed by atoms with Crippen LogP contribution in [0.25, 0.3) is 0 Å². The molecule has 0 unspecified atom stereocenters. The molecule has 0 spiro atoms. The number of rotatable bonds is 5. The van der Waals surface area contributed by atoms with Crippen LogP contribution in [0, 0.1) is 0 Å². The van der Waals surface area contributed by atoms with Crippen molar-refractivity contribution in [3.05, 3.63) is 18.2 Å². The molecule has 1 saturated heterocycles. The Balaban J connectivity index is 0.000000409. The van der Waals surface area contributed by atoms with E-state index in [1.807, 2.05) is 12.1 Å². The SMILES string of the molecule is CCN1CCN(CCC(=O)Nc2ccc3c(c2)OCO3)CC1.O=C(O)C(=O)O. The zero-order valence-electron chi connectivity index (χ0n) is 15.7. The average Bonchev–Trinajstić information content (AvgIpc) is 3.15. The van der Waals surface area contributed by atoms with Gasteiger partial charge in [-0.2, -0.15) is 0 Å². The van der Waals surface area contributed by atoms with Gasteiger partial charge in [-0.25, -0.2) is 9.59 Å². The highest BCUT2D eigenvalue weighted by molar-refractivity contribution is 6.27. The number of nitrogens with one attached hydrogen (secondary N) is 1. The van der Waals surface area contributed by atoms with Crippen LogP contribution in [0.3, 0.4) is 0 Å². The highest BCUT2D eigenvalue weighted by Gasteiger charge is 2.17. The third-order valence-corrected chi connectivity index (χ3v) is 4.41. The van der Waals surface area contributed by atoms with Crippen LogP contribution in [-0.2, 0) is 14.4 Å². The second-order valence-corrected chi connectivity index (χ2v) is 6.25. The van der Waals surface area contributed by atoms with E-state index in [-0.39, 0.29) is 12.7 Å². The van der Waals surface area contributed by atoms with E-state index in [1.54, 1.807) is 6.07 Å². The molecule has 0 saturated carbocycles. The number of carboxylic acid groups (broad SMARTS) is 2. The van der Waals surface area contributed by atoms with E-state index in [2.05, 4.69) is 22.0 Å². The van der Waals surface area contributed by atoms with E-state index in [1.165, 1.54) is 0 Å². The number of ether oxygens (including phenoxy) is 2. The monoisotopic (exact) mass is 395 g/mol. The standard InChI is InChI=1S/C16H23N3O3.C2H2O4/c1-2-18-7-9-19(10-8-18)6-5-16(20)17-13-3-4-14-15(11-13)22-12-21-14;3-1(4)2(5)6/h3-4,11H,2,5-10,12H2,1H3,(H,17,20);(H,3,4)(H,5,6). The molecule has 1 fully saturated rings. The lowest BCUT2D eigenvalue weighted by Crippen LogP contribution is -2.46. The first-order valence-electron chi connectivity index (χ1n) is 8.99. The van der Waals surface area contributed by atoms with Crippen molar-refractivity contribution in [3.63, 3.8) is 0 Å². The second-order valence-electron chi connectivity index (χ2n) is 6.25. The van der Waals surface area contributed by atoms with E-state index in [9.17, 15) is 4.79 Å². The quantitative estimate of drug-likeness (QED) is 0.612. The molecule has 1 aromatic rings. The highest BCUT2D eigenvalue weighted by Crippen LogP contribution is 2.34. The van der Waals surface area contributed by atoms with Crippen molar-refractivity contribution in [1.82, 2.24) is 9.80 Å². The van der Waals surface area contributed by atoms with E-state index in [0.29, 0.717) is 12.2 Å². The minimum absolute atomic E-state index is 0.0387. The van der Waals surface area contributed by atoms with Gasteiger partial charge in [-0.3, -0.25) is 4.79 Å². The van der Waals surface area contributed by atoms with Gasteiger partial charge in [0.25, 0.3) is 0 Å². The summed E-state index contributed by atoms with van der Waals surface area (Å²) < 4.78 is 10.6. The van der Waals surface area contributed by atoms with E-state index < -0.39 is 11.9 Å². The van der Waals surface area contributed by atoms with Gasteiger partial charge in [0.1, 0.15) is 0 Å². The number of aliphatic carboxylic acids is 2. The van der Waals surface area contributed by atoms with E-state index in [0.717, 1.165) is 50.7 Å². The molecule has 10 heteroatoms. The number of nitrogens with zero attached hydrogens (tertiary/aromatic N) is 2. The van der Waals surface area contributed by atoms with Crippen LogP contribution in [0.4, 0.5) is 5.69 Å². The van der Waals surface area contributed by atoms with Crippen LogP contribution in [0.15, 0.2) is 18.2 Å². The van der Waals surface area contributed by atoms with Gasteiger partial charge in [0, 0.05) is 50.9 Å². The lowest BCUT2D eigenvalue weighted by atomic mass is 10.2. The summed E-state index contributed by atoms with van der Waals surface area (Å²) in [4.78, 5) is 35.0. The van der Waals surface area contributed by atoms with Gasteiger partial charge >= 0.3 is 11.9 Å². The number of anilines is 1. The molecule has 154 valence electrons. The molecule has 3 N–H and O–H groups in total.